The summed E-state index contributed by atoms with van der Waals surface area (Å²) in [6, 6.07) is 0. The van der Waals surface area contributed by atoms with Gasteiger partial charge in [0.25, 0.3) is 0 Å². The maximum Gasteiger partial charge on any atom is 0.490 e. The predicted octanol–water partition coefficient (Wildman–Crippen LogP) is 4.24. The van der Waals surface area contributed by atoms with E-state index in [4.69, 9.17) is 19.8 Å². The van der Waals surface area contributed by atoms with Crippen molar-refractivity contribution in [1.29, 1.82) is 0 Å². The first kappa shape index (κ1) is 24.5. The largest absolute Gasteiger partial charge is 0.490 e. The first-order valence-corrected chi connectivity index (χ1v) is 5.90. The second-order valence-electron chi connectivity index (χ2n) is 3.67. The van der Waals surface area contributed by atoms with Gasteiger partial charge in [0.05, 0.1) is 0 Å². The van der Waals surface area contributed by atoms with Crippen LogP contribution in [0.2, 0.25) is 0 Å². The summed E-state index contributed by atoms with van der Waals surface area (Å²) < 4.78 is 63.5. The van der Waals surface area contributed by atoms with Gasteiger partial charge in [0.1, 0.15) is 0 Å². The fraction of sp³-hybridized carbons (Fsp3) is 0.818. The highest BCUT2D eigenvalue weighted by molar-refractivity contribution is 5.73. The molecule has 0 heterocycles. The minimum atomic E-state index is -5.08. The first-order valence-electron chi connectivity index (χ1n) is 5.90. The monoisotopic (exact) mass is 328 g/mol. The Balaban J connectivity index is -0.000000231. The van der Waals surface area contributed by atoms with E-state index in [0.717, 1.165) is 0 Å². The molecule has 0 aliphatic heterocycles. The summed E-state index contributed by atoms with van der Waals surface area (Å²) in [4.78, 5) is 17.8. The van der Waals surface area contributed by atoms with E-state index in [0.29, 0.717) is 0 Å². The van der Waals surface area contributed by atoms with Crippen LogP contribution in [0.15, 0.2) is 0 Å². The molecule has 0 saturated heterocycles. The highest BCUT2D eigenvalue weighted by atomic mass is 19.4. The highest BCUT2D eigenvalue weighted by Gasteiger charge is 2.38. The van der Waals surface area contributed by atoms with Crippen molar-refractivity contribution in [3.8, 4) is 0 Å². The lowest BCUT2D eigenvalue weighted by Gasteiger charge is -1.93. The second kappa shape index (κ2) is 12.3. The summed E-state index contributed by atoms with van der Waals surface area (Å²) >= 11 is 0. The zero-order valence-corrected chi connectivity index (χ0v) is 11.5. The molecule has 0 aromatic heterocycles. The minimum absolute atomic E-state index is 1.36. The zero-order valence-electron chi connectivity index (χ0n) is 11.5. The Labute approximate surface area is 117 Å². The number of carboxylic acid groups (broad SMARTS) is 2. The van der Waals surface area contributed by atoms with Gasteiger partial charge in [-0.15, -0.1) is 0 Å². The van der Waals surface area contributed by atoms with Crippen molar-refractivity contribution in [3.63, 3.8) is 0 Å². The third-order valence-corrected chi connectivity index (χ3v) is 1.69. The summed E-state index contributed by atoms with van der Waals surface area (Å²) in [5, 5.41) is 14.2. The lowest BCUT2D eigenvalue weighted by Crippen LogP contribution is -2.21. The van der Waals surface area contributed by atoms with Gasteiger partial charge in [-0.2, -0.15) is 26.3 Å². The molecule has 0 aromatic carbocycles. The minimum Gasteiger partial charge on any atom is -0.475 e. The summed E-state index contributed by atoms with van der Waals surface area (Å²) in [6.45, 7) is 4.49. The maximum absolute atomic E-state index is 10.6. The van der Waals surface area contributed by atoms with E-state index in [-0.39, 0.29) is 0 Å². The molecule has 0 saturated carbocycles. The van der Waals surface area contributed by atoms with E-state index in [1.54, 1.807) is 0 Å². The van der Waals surface area contributed by atoms with Crippen molar-refractivity contribution in [2.45, 2.75) is 58.3 Å². The summed E-state index contributed by atoms with van der Waals surface area (Å²) in [6.07, 6.45) is -3.16. The quantitative estimate of drug-likeness (QED) is 0.598. The number of carboxylic acids is 2. The molecule has 0 aliphatic carbocycles. The van der Waals surface area contributed by atoms with E-state index in [2.05, 4.69) is 13.8 Å². The molecular formula is C11H18F6O4. The van der Waals surface area contributed by atoms with Gasteiger partial charge in [0.15, 0.2) is 0 Å². The maximum atomic E-state index is 10.6. The number of carbonyl (C=O) groups is 2. The molecule has 4 nitrogen and oxygen atoms in total. The van der Waals surface area contributed by atoms with Gasteiger partial charge >= 0.3 is 24.3 Å². The summed E-state index contributed by atoms with van der Waals surface area (Å²) in [5.74, 6) is -5.51. The molecule has 0 atom stereocenters. The number of hydrogen-bond acceptors (Lipinski definition) is 2. The van der Waals surface area contributed by atoms with Crippen LogP contribution in [-0.2, 0) is 9.59 Å². The standard InChI is InChI=1S/C7H16.2C2HF3O2/c1-3-5-7-6-4-2;2*3-2(4,5)1(6)7/h3-7H2,1-2H3;2*(H,6,7). The summed E-state index contributed by atoms with van der Waals surface area (Å²) in [7, 11) is 0. The van der Waals surface area contributed by atoms with Gasteiger partial charge in [-0.05, 0) is 0 Å². The van der Waals surface area contributed by atoms with Gasteiger partial charge < -0.3 is 10.2 Å². The Hall–Kier alpha value is -1.48. The number of unbranched alkanes of at least 4 members (excludes halogenated alkanes) is 4. The zero-order chi connectivity index (χ0) is 17.7. The Kier molecular flexibility index (Phi) is 14.3. The third kappa shape index (κ3) is 24.0. The van der Waals surface area contributed by atoms with Crippen molar-refractivity contribution >= 4 is 11.9 Å². The van der Waals surface area contributed by atoms with E-state index >= 15 is 0 Å². The molecule has 21 heavy (non-hydrogen) atoms. The van der Waals surface area contributed by atoms with E-state index < -0.39 is 24.3 Å². The molecule has 0 bridgehead atoms. The van der Waals surface area contributed by atoms with Crippen LogP contribution in [0, 0.1) is 0 Å². The predicted molar refractivity (Wildman–Crippen MR) is 61.8 cm³/mol. The topological polar surface area (TPSA) is 74.6 Å². The Morgan fingerprint density at radius 3 is 1.00 bits per heavy atom. The normalized spacial score (nSPS) is 10.7. The van der Waals surface area contributed by atoms with E-state index in [1.165, 1.54) is 32.1 Å². The van der Waals surface area contributed by atoms with E-state index in [1.807, 2.05) is 0 Å². The molecule has 10 heteroatoms. The molecule has 128 valence electrons. The lowest BCUT2D eigenvalue weighted by atomic mass is 10.2. The molecule has 0 fully saturated rings. The highest BCUT2D eigenvalue weighted by Crippen LogP contribution is 2.13. The molecule has 0 aliphatic rings. The van der Waals surface area contributed by atoms with Crippen LogP contribution in [0.4, 0.5) is 26.3 Å². The third-order valence-electron chi connectivity index (χ3n) is 1.69. The first-order chi connectivity index (χ1) is 9.30. The second-order valence-corrected chi connectivity index (χ2v) is 3.67. The van der Waals surface area contributed by atoms with Crippen LogP contribution in [0.5, 0.6) is 0 Å². The Morgan fingerprint density at radius 2 is 0.905 bits per heavy atom. The van der Waals surface area contributed by atoms with Gasteiger partial charge in [-0.1, -0.05) is 46.0 Å². The average molecular weight is 328 g/mol. The molecule has 2 N–H and O–H groups in total. The molecule has 0 unspecified atom stereocenters. The molecule has 0 spiro atoms. The van der Waals surface area contributed by atoms with Gasteiger partial charge in [-0.3, -0.25) is 0 Å². The van der Waals surface area contributed by atoms with Gasteiger partial charge in [0, 0.05) is 0 Å². The van der Waals surface area contributed by atoms with Crippen molar-refractivity contribution in [2.24, 2.45) is 0 Å². The van der Waals surface area contributed by atoms with Crippen LogP contribution in [0.1, 0.15) is 46.0 Å². The average Bonchev–Trinajstić information content (AvgIpc) is 2.28. The molecule has 0 amide bonds. The molecular weight excluding hydrogens is 310 g/mol. The number of rotatable bonds is 4. The SMILES string of the molecule is CCCCCCC.O=C(O)C(F)(F)F.O=C(O)C(F)(F)F. The smallest absolute Gasteiger partial charge is 0.475 e. The lowest BCUT2D eigenvalue weighted by molar-refractivity contribution is -0.193. The number of alkyl halides is 6. The Morgan fingerprint density at radius 1 is 0.714 bits per heavy atom. The fourth-order valence-electron chi connectivity index (χ4n) is 0.677. The van der Waals surface area contributed by atoms with Crippen LogP contribution in [0.3, 0.4) is 0 Å². The molecule has 0 aromatic rings. The van der Waals surface area contributed by atoms with Crippen LogP contribution in [0.25, 0.3) is 0 Å². The van der Waals surface area contributed by atoms with Crippen LogP contribution < -0.4 is 0 Å². The fourth-order valence-corrected chi connectivity index (χ4v) is 0.677. The van der Waals surface area contributed by atoms with Gasteiger partial charge in [-0.25, -0.2) is 9.59 Å². The summed E-state index contributed by atoms with van der Waals surface area (Å²) in [5.41, 5.74) is 0. The van der Waals surface area contributed by atoms with Crippen molar-refractivity contribution in [1.82, 2.24) is 0 Å². The number of aliphatic carboxylic acids is 2. The number of hydrogen-bond donors (Lipinski definition) is 2. The van der Waals surface area contributed by atoms with Crippen LogP contribution in [-0.4, -0.2) is 34.5 Å². The number of halogens is 6. The van der Waals surface area contributed by atoms with E-state index in [9.17, 15) is 26.3 Å². The van der Waals surface area contributed by atoms with Crippen molar-refractivity contribution < 1.29 is 46.1 Å². The molecule has 0 radical (unpaired) electrons. The van der Waals surface area contributed by atoms with Crippen molar-refractivity contribution in [2.75, 3.05) is 0 Å². The molecule has 0 rings (SSSR count). The van der Waals surface area contributed by atoms with Gasteiger partial charge in [0.2, 0.25) is 0 Å². The van der Waals surface area contributed by atoms with Crippen molar-refractivity contribution in [3.05, 3.63) is 0 Å². The van der Waals surface area contributed by atoms with Crippen LogP contribution >= 0.6 is 0 Å². The Bertz CT molecular complexity index is 257.